The van der Waals surface area contributed by atoms with Crippen LogP contribution in [0.5, 0.6) is 0 Å². The van der Waals surface area contributed by atoms with E-state index in [-0.39, 0.29) is 11.9 Å². The van der Waals surface area contributed by atoms with Crippen LogP contribution in [0.4, 0.5) is 0 Å². The fourth-order valence-corrected chi connectivity index (χ4v) is 4.75. The summed E-state index contributed by atoms with van der Waals surface area (Å²) in [5.41, 5.74) is 8.90. The maximum Gasteiger partial charge on any atom is 0.222 e. The van der Waals surface area contributed by atoms with E-state index in [1.807, 2.05) is 17.9 Å². The predicted octanol–water partition coefficient (Wildman–Crippen LogP) is 5.39. The van der Waals surface area contributed by atoms with Gasteiger partial charge < -0.3 is 9.47 Å². The Morgan fingerprint density at radius 2 is 1.79 bits per heavy atom. The number of nitrogens with zero attached hydrogens (tertiary/aromatic N) is 3. The Labute approximate surface area is 173 Å². The Morgan fingerprint density at radius 1 is 1.10 bits per heavy atom. The Balaban J connectivity index is 1.87. The van der Waals surface area contributed by atoms with E-state index in [0.29, 0.717) is 6.42 Å². The highest BCUT2D eigenvalue weighted by Crippen LogP contribution is 2.35. The molecule has 1 fully saturated rings. The largest absolute Gasteiger partial charge is 0.333 e. The molecule has 3 aromatic rings. The maximum absolute atomic E-state index is 12.6. The van der Waals surface area contributed by atoms with Crippen LogP contribution in [0.3, 0.4) is 0 Å². The molecule has 1 aliphatic rings. The standard InChI is InChI=1S/C25H31N3O/c1-6-24(29)27-13-9-12-23(27)25-26-21-10-7-8-11-22(21)28(25)15-20-18(4)16(2)14-17(3)19(20)5/h7-8,10-11,14,23H,6,9,12-13,15H2,1-5H3/t23-/m0/s1. The molecule has 152 valence electrons. The minimum absolute atomic E-state index is 0.0707. The number of likely N-dealkylation sites (tertiary alicyclic amines) is 1. The molecule has 29 heavy (non-hydrogen) atoms. The van der Waals surface area contributed by atoms with Gasteiger partial charge in [0.25, 0.3) is 0 Å². The van der Waals surface area contributed by atoms with E-state index in [2.05, 4.69) is 56.5 Å². The van der Waals surface area contributed by atoms with Gasteiger partial charge in [-0.05, 0) is 80.5 Å². The van der Waals surface area contributed by atoms with Crippen LogP contribution in [0, 0.1) is 27.7 Å². The van der Waals surface area contributed by atoms with Crippen molar-refractivity contribution in [2.75, 3.05) is 6.54 Å². The molecular formula is C25H31N3O. The first-order valence-electron chi connectivity index (χ1n) is 10.7. The monoisotopic (exact) mass is 389 g/mol. The zero-order valence-electron chi connectivity index (χ0n) is 18.2. The third kappa shape index (κ3) is 3.35. The molecule has 4 heteroatoms. The van der Waals surface area contributed by atoms with E-state index in [1.165, 1.54) is 27.8 Å². The van der Waals surface area contributed by atoms with Gasteiger partial charge in [0.05, 0.1) is 17.1 Å². The topological polar surface area (TPSA) is 38.1 Å². The smallest absolute Gasteiger partial charge is 0.222 e. The highest BCUT2D eigenvalue weighted by atomic mass is 16.2. The van der Waals surface area contributed by atoms with E-state index in [1.54, 1.807) is 0 Å². The van der Waals surface area contributed by atoms with Crippen LogP contribution in [-0.4, -0.2) is 26.9 Å². The average molecular weight is 390 g/mol. The third-order valence-electron chi connectivity index (χ3n) is 6.70. The molecule has 2 aromatic carbocycles. The SMILES string of the molecule is CCC(=O)N1CCC[C@H]1c1nc2ccccc2n1Cc1c(C)c(C)cc(C)c1C. The van der Waals surface area contributed by atoms with Gasteiger partial charge in [-0.25, -0.2) is 4.98 Å². The molecule has 0 N–H and O–H groups in total. The summed E-state index contributed by atoms with van der Waals surface area (Å²) in [5, 5.41) is 0. The van der Waals surface area contributed by atoms with E-state index >= 15 is 0 Å². The summed E-state index contributed by atoms with van der Waals surface area (Å²) >= 11 is 0. The number of imidazole rings is 1. The lowest BCUT2D eigenvalue weighted by atomic mass is 9.94. The first kappa shape index (κ1) is 19.7. The fraction of sp³-hybridized carbons (Fsp3) is 0.440. The van der Waals surface area contributed by atoms with Gasteiger partial charge in [0.2, 0.25) is 5.91 Å². The van der Waals surface area contributed by atoms with Crippen LogP contribution in [0.2, 0.25) is 0 Å². The third-order valence-corrected chi connectivity index (χ3v) is 6.70. The molecule has 1 atom stereocenters. The van der Waals surface area contributed by atoms with Gasteiger partial charge in [-0.1, -0.05) is 25.1 Å². The number of carbonyl (C=O) groups is 1. The molecule has 2 heterocycles. The summed E-state index contributed by atoms with van der Waals surface area (Å²) in [5.74, 6) is 1.26. The predicted molar refractivity (Wildman–Crippen MR) is 118 cm³/mol. The summed E-state index contributed by atoms with van der Waals surface area (Å²) in [7, 11) is 0. The number of hydrogen-bond donors (Lipinski definition) is 0. The molecule has 0 spiro atoms. The molecule has 0 bridgehead atoms. The van der Waals surface area contributed by atoms with Gasteiger partial charge in [-0.3, -0.25) is 4.79 Å². The lowest BCUT2D eigenvalue weighted by Gasteiger charge is -2.25. The van der Waals surface area contributed by atoms with E-state index < -0.39 is 0 Å². The molecule has 1 aliphatic heterocycles. The average Bonchev–Trinajstić information content (AvgIpc) is 3.33. The first-order valence-corrected chi connectivity index (χ1v) is 10.7. The number of para-hydroxylation sites is 2. The van der Waals surface area contributed by atoms with Gasteiger partial charge >= 0.3 is 0 Å². The van der Waals surface area contributed by atoms with E-state index in [4.69, 9.17) is 4.98 Å². The fourth-order valence-electron chi connectivity index (χ4n) is 4.75. The van der Waals surface area contributed by atoms with Crippen molar-refractivity contribution in [3.8, 4) is 0 Å². The number of hydrogen-bond acceptors (Lipinski definition) is 2. The van der Waals surface area contributed by atoms with Crippen LogP contribution >= 0.6 is 0 Å². The number of aromatic nitrogens is 2. The number of fused-ring (bicyclic) bond motifs is 1. The zero-order valence-corrected chi connectivity index (χ0v) is 18.2. The van der Waals surface area contributed by atoms with Crippen molar-refractivity contribution in [2.45, 2.75) is 66.5 Å². The van der Waals surface area contributed by atoms with Gasteiger partial charge in [0, 0.05) is 19.5 Å². The second-order valence-corrected chi connectivity index (χ2v) is 8.38. The summed E-state index contributed by atoms with van der Waals surface area (Å²) in [6.45, 7) is 12.4. The molecule has 1 amide bonds. The molecule has 4 nitrogen and oxygen atoms in total. The van der Waals surface area contributed by atoms with Crippen molar-refractivity contribution in [1.82, 2.24) is 14.5 Å². The highest BCUT2D eigenvalue weighted by molar-refractivity contribution is 5.78. The van der Waals surface area contributed by atoms with Crippen molar-refractivity contribution >= 4 is 16.9 Å². The summed E-state index contributed by atoms with van der Waals surface area (Å²) in [6, 6.07) is 10.7. The van der Waals surface area contributed by atoms with E-state index in [0.717, 1.165) is 42.8 Å². The second kappa shape index (κ2) is 7.66. The van der Waals surface area contributed by atoms with Crippen LogP contribution in [0.15, 0.2) is 30.3 Å². The van der Waals surface area contributed by atoms with Gasteiger partial charge in [-0.15, -0.1) is 0 Å². The van der Waals surface area contributed by atoms with Crippen molar-refractivity contribution in [3.63, 3.8) is 0 Å². The highest BCUT2D eigenvalue weighted by Gasteiger charge is 2.33. The number of amides is 1. The van der Waals surface area contributed by atoms with Crippen molar-refractivity contribution < 1.29 is 4.79 Å². The summed E-state index contributed by atoms with van der Waals surface area (Å²) < 4.78 is 2.36. The number of carbonyl (C=O) groups excluding carboxylic acids is 1. The molecule has 0 aliphatic carbocycles. The Hall–Kier alpha value is -2.62. The van der Waals surface area contributed by atoms with Crippen LogP contribution in [0.25, 0.3) is 11.0 Å². The molecular weight excluding hydrogens is 358 g/mol. The molecule has 1 saturated heterocycles. The molecule has 0 saturated carbocycles. The van der Waals surface area contributed by atoms with Crippen LogP contribution in [0.1, 0.15) is 65.9 Å². The number of rotatable bonds is 4. The van der Waals surface area contributed by atoms with Crippen molar-refractivity contribution in [2.24, 2.45) is 0 Å². The zero-order chi connectivity index (χ0) is 20.7. The molecule has 1 aromatic heterocycles. The van der Waals surface area contributed by atoms with Gasteiger partial charge in [-0.2, -0.15) is 0 Å². The molecule has 4 rings (SSSR count). The molecule has 0 radical (unpaired) electrons. The Morgan fingerprint density at radius 3 is 2.48 bits per heavy atom. The normalized spacial score (nSPS) is 16.7. The van der Waals surface area contributed by atoms with Crippen molar-refractivity contribution in [1.29, 1.82) is 0 Å². The summed E-state index contributed by atoms with van der Waals surface area (Å²) in [6.07, 6.45) is 2.58. The number of benzene rings is 2. The van der Waals surface area contributed by atoms with Crippen LogP contribution in [-0.2, 0) is 11.3 Å². The van der Waals surface area contributed by atoms with Crippen molar-refractivity contribution in [3.05, 3.63) is 64.0 Å². The second-order valence-electron chi connectivity index (χ2n) is 8.38. The van der Waals surface area contributed by atoms with Gasteiger partial charge in [0.15, 0.2) is 0 Å². The van der Waals surface area contributed by atoms with Crippen LogP contribution < -0.4 is 0 Å². The van der Waals surface area contributed by atoms with E-state index in [9.17, 15) is 4.79 Å². The Bertz CT molecular complexity index is 1050. The first-order chi connectivity index (χ1) is 13.9. The number of aryl methyl sites for hydroxylation is 2. The summed E-state index contributed by atoms with van der Waals surface area (Å²) in [4.78, 5) is 19.6. The minimum atomic E-state index is 0.0707. The quantitative estimate of drug-likeness (QED) is 0.600. The minimum Gasteiger partial charge on any atom is -0.333 e. The maximum atomic E-state index is 12.6. The lowest BCUT2D eigenvalue weighted by Crippen LogP contribution is -2.31. The lowest BCUT2D eigenvalue weighted by molar-refractivity contribution is -0.131. The van der Waals surface area contributed by atoms with Gasteiger partial charge in [0.1, 0.15) is 5.82 Å². The molecule has 0 unspecified atom stereocenters. The Kier molecular flexibility index (Phi) is 5.20.